The predicted octanol–water partition coefficient (Wildman–Crippen LogP) is 2.62. The Balaban J connectivity index is 0.00000450. The van der Waals surface area contributed by atoms with Gasteiger partial charge in [-0.1, -0.05) is 0 Å². The molecular formula is C21H31IN4O4. The molecule has 0 unspecified atom stereocenters. The van der Waals surface area contributed by atoms with E-state index in [9.17, 15) is 4.79 Å². The Morgan fingerprint density at radius 1 is 1.17 bits per heavy atom. The lowest BCUT2D eigenvalue weighted by atomic mass is 10.2. The number of halogens is 1. The van der Waals surface area contributed by atoms with Gasteiger partial charge in [-0.3, -0.25) is 4.79 Å². The van der Waals surface area contributed by atoms with Crippen LogP contribution in [0.15, 0.2) is 46.0 Å². The Labute approximate surface area is 195 Å². The van der Waals surface area contributed by atoms with Gasteiger partial charge >= 0.3 is 0 Å². The van der Waals surface area contributed by atoms with Crippen LogP contribution in [0.3, 0.4) is 0 Å². The lowest BCUT2D eigenvalue weighted by Gasteiger charge is -2.24. The number of aliphatic imine (C=N–C) groups is 1. The Bertz CT molecular complexity index is 809. The number of nitrogens with one attached hydrogen (secondary N) is 1. The van der Waals surface area contributed by atoms with Gasteiger partial charge in [-0.2, -0.15) is 0 Å². The number of rotatable bonds is 9. The number of hydrogen-bond acceptors (Lipinski definition) is 5. The first-order chi connectivity index (χ1) is 13.9. The fourth-order valence-corrected chi connectivity index (χ4v) is 2.66. The van der Waals surface area contributed by atoms with E-state index in [2.05, 4.69) is 10.3 Å². The molecule has 1 N–H and O–H groups in total. The Hall–Kier alpha value is -2.43. The average Bonchev–Trinajstić information content (AvgIpc) is 3.23. The molecular weight excluding hydrogens is 499 g/mol. The second kappa shape index (κ2) is 13.0. The molecule has 1 aromatic heterocycles. The quantitative estimate of drug-likeness (QED) is 0.305. The van der Waals surface area contributed by atoms with Crippen LogP contribution in [-0.4, -0.2) is 70.1 Å². The topological polar surface area (TPSA) is 79.5 Å². The van der Waals surface area contributed by atoms with Gasteiger partial charge < -0.3 is 29.0 Å². The number of amides is 1. The van der Waals surface area contributed by atoms with Crippen LogP contribution in [0, 0.1) is 0 Å². The van der Waals surface area contributed by atoms with Crippen LogP contribution in [0.1, 0.15) is 11.3 Å². The summed E-state index contributed by atoms with van der Waals surface area (Å²) in [5, 5.41) is 3.31. The number of ether oxygens (including phenoxy) is 2. The van der Waals surface area contributed by atoms with E-state index in [-0.39, 0.29) is 36.4 Å². The number of carbonyl (C=O) groups excluding carboxylic acids is 1. The van der Waals surface area contributed by atoms with Crippen molar-refractivity contribution in [2.24, 2.45) is 4.99 Å². The van der Waals surface area contributed by atoms with Gasteiger partial charge in [0.2, 0.25) is 5.91 Å². The van der Waals surface area contributed by atoms with Gasteiger partial charge in [0.1, 0.15) is 23.8 Å². The molecule has 9 heteroatoms. The molecule has 0 bridgehead atoms. The Morgan fingerprint density at radius 2 is 1.93 bits per heavy atom. The molecule has 0 saturated carbocycles. The minimum atomic E-state index is -0.0641. The van der Waals surface area contributed by atoms with E-state index in [0.29, 0.717) is 25.5 Å². The van der Waals surface area contributed by atoms with Crippen molar-refractivity contribution in [3.8, 4) is 11.5 Å². The lowest BCUT2D eigenvalue weighted by molar-refractivity contribution is -0.127. The summed E-state index contributed by atoms with van der Waals surface area (Å²) < 4.78 is 16.1. The van der Waals surface area contributed by atoms with Crippen molar-refractivity contribution in [3.63, 3.8) is 0 Å². The van der Waals surface area contributed by atoms with Gasteiger partial charge in [0.15, 0.2) is 5.96 Å². The van der Waals surface area contributed by atoms with E-state index in [1.807, 2.05) is 42.3 Å². The average molecular weight is 530 g/mol. The van der Waals surface area contributed by atoms with Crippen molar-refractivity contribution < 1.29 is 18.7 Å². The predicted molar refractivity (Wildman–Crippen MR) is 128 cm³/mol. The molecule has 0 fully saturated rings. The van der Waals surface area contributed by atoms with Gasteiger partial charge in [-0.25, -0.2) is 4.99 Å². The Kier molecular flexibility index (Phi) is 11.1. The zero-order valence-electron chi connectivity index (χ0n) is 18.2. The molecule has 2 rings (SSSR count). The normalized spacial score (nSPS) is 10.8. The van der Waals surface area contributed by atoms with Crippen LogP contribution in [-0.2, 0) is 17.8 Å². The second-order valence-corrected chi connectivity index (χ2v) is 6.72. The van der Waals surface area contributed by atoms with E-state index in [1.54, 1.807) is 34.6 Å². The van der Waals surface area contributed by atoms with Gasteiger partial charge in [0, 0.05) is 52.3 Å². The molecule has 1 amide bonds. The highest BCUT2D eigenvalue weighted by atomic mass is 127. The third-order valence-corrected chi connectivity index (χ3v) is 4.36. The van der Waals surface area contributed by atoms with E-state index in [1.165, 1.54) is 4.90 Å². The summed E-state index contributed by atoms with van der Waals surface area (Å²) >= 11 is 0. The summed E-state index contributed by atoms with van der Waals surface area (Å²) in [6, 6.07) is 9.49. The summed E-state index contributed by atoms with van der Waals surface area (Å²) in [5.41, 5.74) is 0.982. The van der Waals surface area contributed by atoms with Crippen molar-refractivity contribution >= 4 is 35.8 Å². The van der Waals surface area contributed by atoms with Gasteiger partial charge in [-0.15, -0.1) is 24.0 Å². The van der Waals surface area contributed by atoms with Crippen LogP contribution >= 0.6 is 24.0 Å². The second-order valence-electron chi connectivity index (χ2n) is 6.72. The molecule has 30 heavy (non-hydrogen) atoms. The van der Waals surface area contributed by atoms with Crippen LogP contribution in [0.25, 0.3) is 0 Å². The number of furan rings is 1. The summed E-state index contributed by atoms with van der Waals surface area (Å²) in [6.45, 7) is 1.25. The third-order valence-electron chi connectivity index (χ3n) is 4.36. The highest BCUT2D eigenvalue weighted by molar-refractivity contribution is 14.0. The molecule has 0 radical (unpaired) electrons. The fraction of sp³-hybridized carbons (Fsp3) is 0.429. The van der Waals surface area contributed by atoms with Crippen molar-refractivity contribution in [1.29, 1.82) is 0 Å². The molecule has 0 aliphatic carbocycles. The van der Waals surface area contributed by atoms with Gasteiger partial charge in [-0.05, 0) is 24.3 Å². The molecule has 0 saturated heterocycles. The van der Waals surface area contributed by atoms with Crippen molar-refractivity contribution in [2.45, 2.75) is 13.0 Å². The monoisotopic (exact) mass is 530 g/mol. The zero-order chi connectivity index (χ0) is 21.2. The van der Waals surface area contributed by atoms with E-state index >= 15 is 0 Å². The van der Waals surface area contributed by atoms with Crippen LogP contribution < -0.4 is 14.8 Å². The highest BCUT2D eigenvalue weighted by Gasteiger charge is 2.13. The number of nitrogens with zero attached hydrogens (tertiary/aromatic N) is 3. The number of guanidine groups is 1. The smallest absolute Gasteiger partial charge is 0.243 e. The SMILES string of the molecule is COc1ccc(CN(C)C(=NCC(=O)N(C)C)NCCc2ccco2)c(OC)c1.I. The standard InChI is InChI=1S/C21H30N4O4.HI/c1-24(2)20(26)14-23-21(22-11-10-17-7-6-12-29-17)25(3)15-16-8-9-18(27-4)13-19(16)28-5;/h6-9,12-13H,10-11,14-15H2,1-5H3,(H,22,23);1H. The van der Waals surface area contributed by atoms with Crippen molar-refractivity contribution in [1.82, 2.24) is 15.1 Å². The summed E-state index contributed by atoms with van der Waals surface area (Å²) in [6.07, 6.45) is 2.37. The lowest BCUT2D eigenvalue weighted by Crippen LogP contribution is -2.40. The highest BCUT2D eigenvalue weighted by Crippen LogP contribution is 2.25. The fourth-order valence-electron chi connectivity index (χ4n) is 2.66. The number of likely N-dealkylation sites (N-methyl/N-ethyl adjacent to an activating group) is 1. The summed E-state index contributed by atoms with van der Waals surface area (Å²) in [7, 11) is 8.60. The molecule has 0 aliphatic heterocycles. The van der Waals surface area contributed by atoms with Gasteiger partial charge in [0.25, 0.3) is 0 Å². The minimum absolute atomic E-state index is 0. The zero-order valence-corrected chi connectivity index (χ0v) is 20.5. The molecule has 0 atom stereocenters. The maximum Gasteiger partial charge on any atom is 0.243 e. The summed E-state index contributed by atoms with van der Waals surface area (Å²) in [4.78, 5) is 20.0. The van der Waals surface area contributed by atoms with E-state index < -0.39 is 0 Å². The van der Waals surface area contributed by atoms with Crippen molar-refractivity contribution in [3.05, 3.63) is 47.9 Å². The molecule has 1 aromatic carbocycles. The maximum absolute atomic E-state index is 12.0. The molecule has 2 aromatic rings. The van der Waals surface area contributed by atoms with Crippen LogP contribution in [0.2, 0.25) is 0 Å². The number of benzene rings is 1. The number of carbonyl (C=O) groups is 1. The molecule has 0 aliphatic rings. The van der Waals surface area contributed by atoms with Crippen LogP contribution in [0.5, 0.6) is 11.5 Å². The van der Waals surface area contributed by atoms with Gasteiger partial charge in [0.05, 0.1) is 20.5 Å². The molecule has 166 valence electrons. The minimum Gasteiger partial charge on any atom is -0.497 e. The molecule has 0 spiro atoms. The number of methoxy groups -OCH3 is 2. The van der Waals surface area contributed by atoms with Crippen LogP contribution in [0.4, 0.5) is 0 Å². The Morgan fingerprint density at radius 3 is 2.53 bits per heavy atom. The largest absolute Gasteiger partial charge is 0.497 e. The van der Waals surface area contributed by atoms with Crippen molar-refractivity contribution in [2.75, 3.05) is 48.5 Å². The first-order valence-electron chi connectivity index (χ1n) is 9.37. The molecule has 8 nitrogen and oxygen atoms in total. The third kappa shape index (κ3) is 7.77. The van der Waals surface area contributed by atoms with E-state index in [0.717, 1.165) is 22.8 Å². The first-order valence-corrected chi connectivity index (χ1v) is 9.37. The number of hydrogen-bond donors (Lipinski definition) is 1. The van der Waals surface area contributed by atoms with E-state index in [4.69, 9.17) is 13.9 Å². The molecule has 1 heterocycles. The summed E-state index contributed by atoms with van der Waals surface area (Å²) in [5.74, 6) is 2.92. The first kappa shape index (κ1) is 25.6. The maximum atomic E-state index is 12.0.